The predicted octanol–water partition coefficient (Wildman–Crippen LogP) is 11.5. The van der Waals surface area contributed by atoms with Crippen LogP contribution in [-0.4, -0.2) is 13.7 Å². The summed E-state index contributed by atoms with van der Waals surface area (Å²) in [5, 5.41) is 6.29. The summed E-state index contributed by atoms with van der Waals surface area (Å²) in [4.78, 5) is 0. The van der Waals surface area contributed by atoms with Crippen LogP contribution in [-0.2, 0) is 0 Å². The zero-order valence-electron chi connectivity index (χ0n) is 25.6. The molecule has 3 heterocycles. The fourth-order valence-corrected chi connectivity index (χ4v) is 7.58. The second kappa shape index (κ2) is 10.1. The quantitative estimate of drug-likeness (QED) is 0.191. The topological polar surface area (TPSA) is 14.8 Å². The number of para-hydroxylation sites is 3. The molecule has 220 valence electrons. The van der Waals surface area contributed by atoms with Crippen LogP contribution in [0.2, 0.25) is 0 Å². The van der Waals surface area contributed by atoms with Crippen molar-refractivity contribution in [1.82, 2.24) is 13.7 Å². The molecule has 0 spiro atoms. The number of nitrogens with zero attached hydrogens (tertiary/aromatic N) is 3. The molecule has 0 saturated heterocycles. The average molecular weight is 600 g/mol. The molecule has 0 aliphatic heterocycles. The van der Waals surface area contributed by atoms with E-state index in [1.165, 1.54) is 71.3 Å². The highest BCUT2D eigenvalue weighted by atomic mass is 15.0. The zero-order valence-corrected chi connectivity index (χ0v) is 25.6. The maximum absolute atomic E-state index is 2.41. The summed E-state index contributed by atoms with van der Waals surface area (Å²) in [5.41, 5.74) is 12.0. The average Bonchev–Trinajstić information content (AvgIpc) is 3.82. The molecule has 0 fully saturated rings. The van der Waals surface area contributed by atoms with Gasteiger partial charge in [-0.15, -0.1) is 0 Å². The number of aromatic nitrogens is 3. The van der Waals surface area contributed by atoms with Crippen LogP contribution in [0.4, 0.5) is 0 Å². The summed E-state index contributed by atoms with van der Waals surface area (Å²) in [5.74, 6) is 0. The summed E-state index contributed by atoms with van der Waals surface area (Å²) in [6, 6.07) is 61.4. The molecule has 3 heteroatoms. The van der Waals surface area contributed by atoms with Gasteiger partial charge in [-0.2, -0.15) is 0 Å². The van der Waals surface area contributed by atoms with Gasteiger partial charge < -0.3 is 13.7 Å². The highest BCUT2D eigenvalue weighted by Gasteiger charge is 2.18. The minimum absolute atomic E-state index is 1.14. The molecule has 0 N–H and O–H groups in total. The largest absolute Gasteiger partial charge is 0.316 e. The van der Waals surface area contributed by atoms with Gasteiger partial charge in [-0.25, -0.2) is 0 Å². The Bertz CT molecular complexity index is 2760. The third-order valence-corrected chi connectivity index (χ3v) is 9.67. The van der Waals surface area contributed by atoms with E-state index in [1.54, 1.807) is 0 Å². The molecule has 0 saturated carbocycles. The van der Waals surface area contributed by atoms with Gasteiger partial charge >= 0.3 is 0 Å². The smallest absolute Gasteiger partial charge is 0.0628 e. The van der Waals surface area contributed by atoms with E-state index in [9.17, 15) is 0 Å². The first-order valence-corrected chi connectivity index (χ1v) is 16.1. The number of rotatable bonds is 4. The molecule has 7 aromatic carbocycles. The number of hydrogen-bond acceptors (Lipinski definition) is 0. The summed E-state index contributed by atoms with van der Waals surface area (Å²) in [6.07, 6.45) is 2.19. The highest BCUT2D eigenvalue weighted by Crippen LogP contribution is 2.39. The molecule has 0 amide bonds. The first-order chi connectivity index (χ1) is 23.3. The van der Waals surface area contributed by atoms with Crippen LogP contribution in [0, 0.1) is 0 Å². The van der Waals surface area contributed by atoms with Gasteiger partial charge in [-0.3, -0.25) is 0 Å². The summed E-state index contributed by atoms with van der Waals surface area (Å²) in [6.45, 7) is 0. The Kier molecular flexibility index (Phi) is 5.57. The molecule has 0 aliphatic carbocycles. The van der Waals surface area contributed by atoms with Gasteiger partial charge in [-0.05, 0) is 83.9 Å². The molecule has 10 aromatic rings. The highest BCUT2D eigenvalue weighted by molar-refractivity contribution is 6.20. The van der Waals surface area contributed by atoms with Crippen LogP contribution >= 0.6 is 0 Å². The Balaban J connectivity index is 1.16. The summed E-state index contributed by atoms with van der Waals surface area (Å²) >= 11 is 0. The molecular formula is C44H29N3. The molecule has 47 heavy (non-hydrogen) atoms. The van der Waals surface area contributed by atoms with Crippen LogP contribution in [0.5, 0.6) is 0 Å². The lowest BCUT2D eigenvalue weighted by Gasteiger charge is -2.12. The van der Waals surface area contributed by atoms with Crippen molar-refractivity contribution in [2.24, 2.45) is 0 Å². The molecule has 3 nitrogen and oxygen atoms in total. The monoisotopic (exact) mass is 599 g/mol. The van der Waals surface area contributed by atoms with Crippen LogP contribution in [0.15, 0.2) is 176 Å². The Hall–Kier alpha value is -6.32. The summed E-state index contributed by atoms with van der Waals surface area (Å²) < 4.78 is 7.13. The molecule has 3 aromatic heterocycles. The molecule has 0 radical (unpaired) electrons. The minimum atomic E-state index is 1.14. The maximum Gasteiger partial charge on any atom is 0.0628 e. The van der Waals surface area contributed by atoms with Crippen molar-refractivity contribution < 1.29 is 0 Å². The molecular weight excluding hydrogens is 571 g/mol. The first-order valence-electron chi connectivity index (χ1n) is 16.1. The number of hydrogen-bond donors (Lipinski definition) is 0. The van der Waals surface area contributed by atoms with Crippen LogP contribution in [0.1, 0.15) is 0 Å². The van der Waals surface area contributed by atoms with E-state index < -0.39 is 0 Å². The van der Waals surface area contributed by atoms with Gasteiger partial charge in [0, 0.05) is 50.2 Å². The third-order valence-electron chi connectivity index (χ3n) is 9.67. The maximum atomic E-state index is 2.41. The van der Waals surface area contributed by atoms with Gasteiger partial charge in [-0.1, -0.05) is 97.1 Å². The summed E-state index contributed by atoms with van der Waals surface area (Å²) in [7, 11) is 0. The van der Waals surface area contributed by atoms with E-state index >= 15 is 0 Å². The SMILES string of the molecule is c1ccc(-c2ccc3c(c2)c2ccccc2n3-c2ccc(-n3c4ccccc4c4c5c(ccc43)ccn5-c3ccccc3)cc2)cc1. The van der Waals surface area contributed by atoms with Crippen molar-refractivity contribution in [2.45, 2.75) is 0 Å². The van der Waals surface area contributed by atoms with E-state index in [-0.39, 0.29) is 0 Å². The van der Waals surface area contributed by atoms with Crippen molar-refractivity contribution in [3.63, 3.8) is 0 Å². The van der Waals surface area contributed by atoms with E-state index in [0.717, 1.165) is 11.4 Å². The standard InChI is InChI=1S/C44H29N3/c1-3-11-30(12-4-1)32-20-25-41-38(29-32)36-15-7-9-17-39(36)46(41)34-21-23-35(24-22-34)47-40-18-10-8-16-37(40)43-42(47)26-19-31-27-28-45(44(31)43)33-13-5-2-6-14-33/h1-29H. The van der Waals surface area contributed by atoms with E-state index in [0.29, 0.717) is 0 Å². The van der Waals surface area contributed by atoms with Crippen molar-refractivity contribution in [1.29, 1.82) is 0 Å². The Morgan fingerprint density at radius 3 is 1.66 bits per heavy atom. The van der Waals surface area contributed by atoms with Crippen molar-refractivity contribution in [3.8, 4) is 28.2 Å². The van der Waals surface area contributed by atoms with Gasteiger partial charge in [0.05, 0.1) is 27.6 Å². The van der Waals surface area contributed by atoms with Gasteiger partial charge in [0.15, 0.2) is 0 Å². The van der Waals surface area contributed by atoms with E-state index in [4.69, 9.17) is 0 Å². The van der Waals surface area contributed by atoms with Crippen LogP contribution in [0.3, 0.4) is 0 Å². The fraction of sp³-hybridized carbons (Fsp3) is 0. The Morgan fingerprint density at radius 1 is 0.340 bits per heavy atom. The Labute approximate surface area is 271 Å². The normalized spacial score (nSPS) is 11.8. The van der Waals surface area contributed by atoms with Crippen molar-refractivity contribution >= 4 is 54.5 Å². The minimum Gasteiger partial charge on any atom is -0.316 e. The lowest BCUT2D eigenvalue weighted by Crippen LogP contribution is -1.97. The van der Waals surface area contributed by atoms with E-state index in [1.807, 2.05) is 0 Å². The third kappa shape index (κ3) is 3.87. The first kappa shape index (κ1) is 26.0. The lowest BCUT2D eigenvalue weighted by atomic mass is 10.0. The van der Waals surface area contributed by atoms with Gasteiger partial charge in [0.25, 0.3) is 0 Å². The molecule has 0 unspecified atom stereocenters. The second-order valence-electron chi connectivity index (χ2n) is 12.2. The number of benzene rings is 7. The van der Waals surface area contributed by atoms with Gasteiger partial charge in [0.2, 0.25) is 0 Å². The second-order valence-corrected chi connectivity index (χ2v) is 12.2. The van der Waals surface area contributed by atoms with Crippen molar-refractivity contribution in [3.05, 3.63) is 176 Å². The van der Waals surface area contributed by atoms with Crippen LogP contribution < -0.4 is 0 Å². The molecule has 0 aliphatic rings. The van der Waals surface area contributed by atoms with Crippen molar-refractivity contribution in [2.75, 3.05) is 0 Å². The molecule has 0 bridgehead atoms. The lowest BCUT2D eigenvalue weighted by molar-refractivity contribution is 1.13. The van der Waals surface area contributed by atoms with Crippen LogP contribution in [0.25, 0.3) is 82.7 Å². The Morgan fingerprint density at radius 2 is 0.915 bits per heavy atom. The molecule has 10 rings (SSSR count). The zero-order chi connectivity index (χ0) is 30.9. The number of fused-ring (bicyclic) bond motifs is 8. The van der Waals surface area contributed by atoms with Gasteiger partial charge in [0.1, 0.15) is 0 Å². The fourth-order valence-electron chi connectivity index (χ4n) is 7.58. The van der Waals surface area contributed by atoms with E-state index in [2.05, 4.69) is 190 Å². The molecule has 0 atom stereocenters. The predicted molar refractivity (Wildman–Crippen MR) is 197 cm³/mol.